The lowest BCUT2D eigenvalue weighted by atomic mass is 9.99. The molecule has 6 rings (SSSR count). The van der Waals surface area contributed by atoms with Crippen LogP contribution in [-0.2, 0) is 4.74 Å². The smallest absolute Gasteiger partial charge is 0.282 e. The van der Waals surface area contributed by atoms with Crippen molar-refractivity contribution in [3.8, 4) is 17.0 Å². The van der Waals surface area contributed by atoms with E-state index in [1.807, 2.05) is 6.20 Å². The number of likely N-dealkylation sites (tertiary alicyclic amines) is 1. The van der Waals surface area contributed by atoms with Crippen LogP contribution < -0.4 is 10.4 Å². The second-order valence-corrected chi connectivity index (χ2v) is 8.26. The maximum atomic E-state index is 14.9. The number of halogens is 2. The third-order valence-corrected chi connectivity index (χ3v) is 6.19. The van der Waals surface area contributed by atoms with Crippen LogP contribution in [0.5, 0.6) is 5.88 Å². The van der Waals surface area contributed by atoms with Gasteiger partial charge in [0.2, 0.25) is 17.3 Å². The first kappa shape index (κ1) is 19.1. The molecule has 0 bridgehead atoms. The average molecular weight is 457 g/mol. The number of ether oxygens (including phenoxy) is 2. The number of H-pyrrole nitrogens is 1. The van der Waals surface area contributed by atoms with E-state index in [0.29, 0.717) is 36.6 Å². The number of nitrogens with zero attached hydrogens (tertiary/aromatic N) is 7. The number of fused-ring (bicyclic) bond motifs is 2. The number of rotatable bonds is 4. The highest BCUT2D eigenvalue weighted by Gasteiger charge is 2.47. The van der Waals surface area contributed by atoms with E-state index in [0.717, 1.165) is 5.56 Å². The Balaban J connectivity index is 1.40. The Bertz CT molecular complexity index is 1440. The van der Waals surface area contributed by atoms with Crippen molar-refractivity contribution in [3.05, 3.63) is 42.6 Å². The van der Waals surface area contributed by atoms with Gasteiger partial charge < -0.3 is 9.47 Å². The summed E-state index contributed by atoms with van der Waals surface area (Å²) in [4.78, 5) is 18.8. The number of aromatic nitrogens is 6. The Hall–Kier alpha value is -3.38. The monoisotopic (exact) mass is 457 g/mol. The average Bonchev–Trinajstić information content (AvgIpc) is 3.37. The molecule has 6 heterocycles. The molecule has 2 saturated heterocycles. The van der Waals surface area contributed by atoms with Gasteiger partial charge in [-0.2, -0.15) is 4.98 Å². The third kappa shape index (κ3) is 3.45. The first-order valence-corrected chi connectivity index (χ1v) is 10.6. The first-order valence-electron chi connectivity index (χ1n) is 11.1. The van der Waals surface area contributed by atoms with E-state index in [-0.39, 0.29) is 36.7 Å². The summed E-state index contributed by atoms with van der Waals surface area (Å²) in [5.41, 5.74) is 1.84. The summed E-state index contributed by atoms with van der Waals surface area (Å²) in [6.45, 7) is 1.13. The van der Waals surface area contributed by atoms with Crippen LogP contribution in [0.3, 0.4) is 0 Å². The number of aromatic amines is 1. The number of alkyl halides is 2. The minimum Gasteiger partial charge on any atom is -0.479 e. The minimum atomic E-state index is -3.01. The zero-order chi connectivity index (χ0) is 23.4. The minimum absolute atomic E-state index is 0.0201. The van der Waals surface area contributed by atoms with Crippen LogP contribution in [-0.4, -0.2) is 85.3 Å². The number of methoxy groups -OCH3 is 1. The second-order valence-electron chi connectivity index (χ2n) is 8.26. The molecule has 2 aliphatic rings. The Labute approximate surface area is 187 Å². The molecule has 2 aliphatic heterocycles. The van der Waals surface area contributed by atoms with Gasteiger partial charge in [-0.05, 0) is 12.5 Å². The van der Waals surface area contributed by atoms with Gasteiger partial charge in [-0.15, -0.1) is 0 Å². The first-order chi connectivity index (χ1) is 16.4. The molecule has 33 heavy (non-hydrogen) atoms. The van der Waals surface area contributed by atoms with Crippen molar-refractivity contribution in [2.45, 2.75) is 24.4 Å². The number of nitrogens with one attached hydrogen (secondary N) is 1. The van der Waals surface area contributed by atoms with E-state index in [2.05, 4.69) is 25.0 Å². The molecule has 12 heteroatoms. The maximum Gasteiger partial charge on any atom is 0.282 e. The maximum absolute atomic E-state index is 14.9. The fourth-order valence-electron chi connectivity index (χ4n) is 4.34. The van der Waals surface area contributed by atoms with Crippen molar-refractivity contribution < 1.29 is 19.6 Å². The lowest BCUT2D eigenvalue weighted by Gasteiger charge is -2.43. The summed E-state index contributed by atoms with van der Waals surface area (Å²) in [6, 6.07) is 0.453. The van der Waals surface area contributed by atoms with E-state index in [1.54, 1.807) is 34.0 Å². The van der Waals surface area contributed by atoms with Gasteiger partial charge in [-0.25, -0.2) is 23.7 Å². The Kier molecular flexibility index (Phi) is 4.40. The Morgan fingerprint density at radius 1 is 1.36 bits per heavy atom. The highest BCUT2D eigenvalue weighted by Crippen LogP contribution is 2.32. The molecule has 0 aliphatic carbocycles. The van der Waals surface area contributed by atoms with Crippen molar-refractivity contribution in [2.24, 2.45) is 4.99 Å². The van der Waals surface area contributed by atoms with E-state index in [9.17, 15) is 8.78 Å². The number of piperidine rings is 1. The van der Waals surface area contributed by atoms with Crippen LogP contribution in [0, 0.1) is 0 Å². The summed E-state index contributed by atoms with van der Waals surface area (Å²) in [6.07, 6.45) is 7.19. The summed E-state index contributed by atoms with van der Waals surface area (Å²) in [7, 11) is 1.44. The van der Waals surface area contributed by atoms with Gasteiger partial charge in [-0.1, -0.05) is 0 Å². The number of hydrogen-bond acceptors (Lipinski definition) is 7. The van der Waals surface area contributed by atoms with Gasteiger partial charge in [0.15, 0.2) is 0 Å². The lowest BCUT2D eigenvalue weighted by molar-refractivity contribution is -0.134. The molecule has 0 amide bonds. The van der Waals surface area contributed by atoms with Crippen LogP contribution >= 0.6 is 0 Å². The molecule has 0 saturated carbocycles. The van der Waals surface area contributed by atoms with Gasteiger partial charge in [-0.3, -0.25) is 18.9 Å². The molecule has 0 radical (unpaired) electrons. The van der Waals surface area contributed by atoms with Gasteiger partial charge in [0.05, 0.1) is 34.3 Å². The van der Waals surface area contributed by atoms with Crippen LogP contribution in [0.1, 0.15) is 7.79 Å². The van der Waals surface area contributed by atoms with Crippen molar-refractivity contribution in [2.75, 3.05) is 33.4 Å². The topological polar surface area (TPSA) is 97.3 Å². The van der Waals surface area contributed by atoms with Crippen LogP contribution in [0.4, 0.5) is 8.78 Å². The highest BCUT2D eigenvalue weighted by molar-refractivity contribution is 5.83. The van der Waals surface area contributed by atoms with E-state index >= 15 is 0 Å². The van der Waals surface area contributed by atoms with Crippen molar-refractivity contribution in [1.82, 2.24) is 33.9 Å². The number of imidazole rings is 1. The van der Waals surface area contributed by atoms with E-state index < -0.39 is 12.0 Å². The summed E-state index contributed by atoms with van der Waals surface area (Å²) in [5, 5.41) is 2.90. The fourth-order valence-corrected chi connectivity index (χ4v) is 4.34. The largest absolute Gasteiger partial charge is 0.479 e. The third-order valence-electron chi connectivity index (χ3n) is 6.19. The standard InChI is InChI=1S/C21H22F2N8O2/c1-32-18-17-15(13-8-25-20-24-4-7-29(20)9-13)2-6-31(17)28-19(27-18)26-16-3-5-30(12-21(16,22)23)14-10-33-11-14/h2,4,6-9,14,16H,3,5,10-12H2,1H3,(H,26,28)/i6D. The van der Waals surface area contributed by atoms with Crippen molar-refractivity contribution in [3.63, 3.8) is 0 Å². The molecule has 10 nitrogen and oxygen atoms in total. The summed E-state index contributed by atoms with van der Waals surface area (Å²) in [5.74, 6) is -2.29. The molecule has 4 aromatic heterocycles. The van der Waals surface area contributed by atoms with Crippen molar-refractivity contribution >= 4 is 11.3 Å². The van der Waals surface area contributed by atoms with Gasteiger partial charge in [0.25, 0.3) is 5.92 Å². The van der Waals surface area contributed by atoms with Crippen LogP contribution in [0.25, 0.3) is 22.4 Å². The molecule has 0 aromatic carbocycles. The van der Waals surface area contributed by atoms with E-state index in [1.165, 1.54) is 11.6 Å². The second kappa shape index (κ2) is 7.59. The highest BCUT2D eigenvalue weighted by atomic mass is 19.3. The SMILES string of the molecule is [2H]c1cc(-c2cnc3nccn3c2)c2c(OC)nc(=NC3CCN(C4COC4)CC3(F)F)[nH]n12. The molecule has 4 aromatic rings. The predicted octanol–water partition coefficient (Wildman–Crippen LogP) is 1.39. The fraction of sp³-hybridized carbons (Fsp3) is 0.429. The van der Waals surface area contributed by atoms with Crippen LogP contribution in [0.15, 0.2) is 42.0 Å². The molecule has 0 spiro atoms. The molecular formula is C21H22F2N8O2. The van der Waals surface area contributed by atoms with Gasteiger partial charge in [0, 0.05) is 48.6 Å². The molecule has 1 unspecified atom stereocenters. The quantitative estimate of drug-likeness (QED) is 0.498. The number of hydrogen-bond donors (Lipinski definition) is 1. The Morgan fingerprint density at radius 2 is 2.24 bits per heavy atom. The molecular weight excluding hydrogens is 434 g/mol. The predicted molar refractivity (Wildman–Crippen MR) is 113 cm³/mol. The summed E-state index contributed by atoms with van der Waals surface area (Å²) >= 11 is 0. The lowest BCUT2D eigenvalue weighted by Crippen LogP contribution is -2.59. The molecule has 172 valence electrons. The molecule has 1 atom stereocenters. The molecule has 1 N–H and O–H groups in total. The van der Waals surface area contributed by atoms with Crippen LogP contribution in [0.2, 0.25) is 0 Å². The molecule has 2 fully saturated rings. The van der Waals surface area contributed by atoms with E-state index in [4.69, 9.17) is 10.8 Å². The van der Waals surface area contributed by atoms with Gasteiger partial charge in [0.1, 0.15) is 11.6 Å². The Morgan fingerprint density at radius 3 is 3.00 bits per heavy atom. The summed E-state index contributed by atoms with van der Waals surface area (Å²) < 4.78 is 52.1. The van der Waals surface area contributed by atoms with Gasteiger partial charge >= 0.3 is 0 Å². The van der Waals surface area contributed by atoms with Crippen molar-refractivity contribution in [1.29, 1.82) is 0 Å². The normalized spacial score (nSPS) is 22.6. The zero-order valence-electron chi connectivity index (χ0n) is 18.8. The zero-order valence-corrected chi connectivity index (χ0v) is 17.8.